The van der Waals surface area contributed by atoms with Crippen molar-refractivity contribution in [2.75, 3.05) is 32.8 Å². The second-order valence-corrected chi connectivity index (χ2v) is 5.95. The van der Waals surface area contributed by atoms with Gasteiger partial charge in [0.05, 0.1) is 0 Å². The van der Waals surface area contributed by atoms with Gasteiger partial charge in [-0.05, 0) is 49.1 Å². The maximum atomic E-state index is 12.2. The van der Waals surface area contributed by atoms with E-state index in [1.807, 2.05) is 17.0 Å². The number of carbonyl (C=O) groups is 1. The summed E-state index contributed by atoms with van der Waals surface area (Å²) in [6.07, 6.45) is 1.01. The first-order valence-electron chi connectivity index (χ1n) is 7.80. The van der Waals surface area contributed by atoms with E-state index in [-0.39, 0.29) is 12.5 Å². The molecule has 0 aromatic heterocycles. The van der Waals surface area contributed by atoms with Gasteiger partial charge in [0.25, 0.3) is 5.91 Å². The number of nitrogens with one attached hydrogen (secondary N) is 1. The minimum atomic E-state index is 0.0734. The molecule has 2 rings (SSSR count). The van der Waals surface area contributed by atoms with Crippen molar-refractivity contribution in [3.63, 3.8) is 0 Å². The van der Waals surface area contributed by atoms with E-state index in [1.54, 1.807) is 0 Å². The predicted molar refractivity (Wildman–Crippen MR) is 84.8 cm³/mol. The Morgan fingerprint density at radius 2 is 2.14 bits per heavy atom. The lowest BCUT2D eigenvalue weighted by Gasteiger charge is -2.20. The Labute approximate surface area is 127 Å². The molecular formula is C17H26N2O2. The highest BCUT2D eigenvalue weighted by atomic mass is 16.5. The quantitative estimate of drug-likeness (QED) is 0.925. The van der Waals surface area contributed by atoms with Gasteiger partial charge in [0.1, 0.15) is 5.75 Å². The largest absolute Gasteiger partial charge is 0.484 e. The first-order valence-corrected chi connectivity index (χ1v) is 7.80. The molecule has 1 N–H and O–H groups in total. The maximum absolute atomic E-state index is 12.2. The second kappa shape index (κ2) is 7.46. The number of ether oxygens (including phenoxy) is 1. The van der Waals surface area contributed by atoms with Gasteiger partial charge in [0.2, 0.25) is 0 Å². The smallest absolute Gasteiger partial charge is 0.260 e. The molecule has 0 radical (unpaired) electrons. The minimum Gasteiger partial charge on any atom is -0.484 e. The molecule has 4 heteroatoms. The van der Waals surface area contributed by atoms with Gasteiger partial charge in [0, 0.05) is 19.6 Å². The second-order valence-electron chi connectivity index (χ2n) is 5.95. The zero-order valence-corrected chi connectivity index (χ0v) is 13.3. The van der Waals surface area contributed by atoms with Crippen LogP contribution in [-0.2, 0) is 4.79 Å². The van der Waals surface area contributed by atoms with Crippen LogP contribution in [0, 0.1) is 6.92 Å². The standard InChI is InChI=1S/C17H26N2O2/c1-13(2)16-6-5-15(11-14(16)3)21-12-17(20)19-9-4-7-18-8-10-19/h5-6,11,13,18H,4,7-10,12H2,1-3H3. The molecule has 1 aliphatic rings. The Balaban J connectivity index is 1.90. The summed E-state index contributed by atoms with van der Waals surface area (Å²) in [5, 5.41) is 3.30. The van der Waals surface area contributed by atoms with E-state index in [4.69, 9.17) is 4.74 Å². The zero-order valence-electron chi connectivity index (χ0n) is 13.3. The molecule has 0 bridgehead atoms. The van der Waals surface area contributed by atoms with Gasteiger partial charge in [0.15, 0.2) is 6.61 Å². The fourth-order valence-corrected chi connectivity index (χ4v) is 2.72. The Hall–Kier alpha value is -1.55. The number of amides is 1. The summed E-state index contributed by atoms with van der Waals surface area (Å²) in [4.78, 5) is 14.0. The Bertz CT molecular complexity index is 478. The number of nitrogens with zero attached hydrogens (tertiary/aromatic N) is 1. The number of carbonyl (C=O) groups excluding carboxylic acids is 1. The summed E-state index contributed by atoms with van der Waals surface area (Å²) in [7, 11) is 0. The van der Waals surface area contributed by atoms with E-state index in [0.717, 1.165) is 38.3 Å². The Morgan fingerprint density at radius 3 is 2.86 bits per heavy atom. The average molecular weight is 290 g/mol. The summed E-state index contributed by atoms with van der Waals surface area (Å²) in [5.74, 6) is 1.35. The fraction of sp³-hybridized carbons (Fsp3) is 0.588. The topological polar surface area (TPSA) is 41.6 Å². The summed E-state index contributed by atoms with van der Waals surface area (Å²) in [6, 6.07) is 6.07. The molecule has 4 nitrogen and oxygen atoms in total. The number of hydrogen-bond donors (Lipinski definition) is 1. The normalized spacial score (nSPS) is 15.9. The van der Waals surface area contributed by atoms with Gasteiger partial charge in [-0.25, -0.2) is 0 Å². The first kappa shape index (κ1) is 15.8. The van der Waals surface area contributed by atoms with Gasteiger partial charge in [-0.15, -0.1) is 0 Å². The lowest BCUT2D eigenvalue weighted by molar-refractivity contribution is -0.133. The van der Waals surface area contributed by atoms with Crippen LogP contribution in [0.2, 0.25) is 0 Å². The van der Waals surface area contributed by atoms with Crippen LogP contribution in [0.4, 0.5) is 0 Å². The highest BCUT2D eigenvalue weighted by molar-refractivity contribution is 5.77. The molecule has 1 aromatic carbocycles. The predicted octanol–water partition coefficient (Wildman–Crippen LogP) is 2.32. The van der Waals surface area contributed by atoms with Crippen molar-refractivity contribution in [1.82, 2.24) is 10.2 Å². The lowest BCUT2D eigenvalue weighted by Crippen LogP contribution is -2.37. The average Bonchev–Trinajstić information content (AvgIpc) is 2.73. The van der Waals surface area contributed by atoms with Crippen LogP contribution in [0.15, 0.2) is 18.2 Å². The van der Waals surface area contributed by atoms with Gasteiger partial charge in [-0.1, -0.05) is 19.9 Å². The van der Waals surface area contributed by atoms with Crippen LogP contribution in [-0.4, -0.2) is 43.6 Å². The molecule has 0 atom stereocenters. The van der Waals surface area contributed by atoms with Crippen LogP contribution in [0.3, 0.4) is 0 Å². The lowest BCUT2D eigenvalue weighted by atomic mass is 9.98. The number of aryl methyl sites for hydroxylation is 1. The molecule has 1 aromatic rings. The van der Waals surface area contributed by atoms with Gasteiger partial charge < -0.3 is 15.0 Å². The number of benzene rings is 1. The summed E-state index contributed by atoms with van der Waals surface area (Å²) in [6.45, 7) is 10.0. The molecular weight excluding hydrogens is 264 g/mol. The van der Waals surface area contributed by atoms with E-state index in [2.05, 4.69) is 32.2 Å². The minimum absolute atomic E-state index is 0.0734. The Kier molecular flexibility index (Phi) is 5.62. The first-order chi connectivity index (χ1) is 10.1. The monoisotopic (exact) mass is 290 g/mol. The van der Waals surface area contributed by atoms with Crippen LogP contribution < -0.4 is 10.1 Å². The third kappa shape index (κ3) is 4.46. The summed E-state index contributed by atoms with van der Waals surface area (Å²) >= 11 is 0. The molecule has 116 valence electrons. The van der Waals surface area contributed by atoms with Crippen molar-refractivity contribution in [2.45, 2.75) is 33.1 Å². The van der Waals surface area contributed by atoms with Crippen molar-refractivity contribution in [2.24, 2.45) is 0 Å². The van der Waals surface area contributed by atoms with Crippen molar-refractivity contribution in [1.29, 1.82) is 0 Å². The molecule has 1 saturated heterocycles. The molecule has 0 saturated carbocycles. The third-order valence-electron chi connectivity index (χ3n) is 3.92. The highest BCUT2D eigenvalue weighted by Crippen LogP contribution is 2.23. The molecule has 1 fully saturated rings. The van der Waals surface area contributed by atoms with Crippen molar-refractivity contribution < 1.29 is 9.53 Å². The van der Waals surface area contributed by atoms with Crippen molar-refractivity contribution >= 4 is 5.91 Å². The molecule has 0 aliphatic carbocycles. The highest BCUT2D eigenvalue weighted by Gasteiger charge is 2.15. The maximum Gasteiger partial charge on any atom is 0.260 e. The van der Waals surface area contributed by atoms with Crippen LogP contribution in [0.25, 0.3) is 0 Å². The molecule has 1 heterocycles. The van der Waals surface area contributed by atoms with E-state index >= 15 is 0 Å². The van der Waals surface area contributed by atoms with Gasteiger partial charge >= 0.3 is 0 Å². The third-order valence-corrected chi connectivity index (χ3v) is 3.92. The molecule has 1 aliphatic heterocycles. The van der Waals surface area contributed by atoms with Crippen LogP contribution >= 0.6 is 0 Å². The molecule has 21 heavy (non-hydrogen) atoms. The van der Waals surface area contributed by atoms with E-state index in [9.17, 15) is 4.79 Å². The summed E-state index contributed by atoms with van der Waals surface area (Å²) < 4.78 is 5.67. The molecule has 0 unspecified atom stereocenters. The van der Waals surface area contributed by atoms with Crippen molar-refractivity contribution in [3.05, 3.63) is 29.3 Å². The fourth-order valence-electron chi connectivity index (χ4n) is 2.72. The zero-order chi connectivity index (χ0) is 15.2. The van der Waals surface area contributed by atoms with E-state index < -0.39 is 0 Å². The number of rotatable bonds is 4. The van der Waals surface area contributed by atoms with Crippen LogP contribution in [0.1, 0.15) is 37.3 Å². The SMILES string of the molecule is Cc1cc(OCC(=O)N2CCCNCC2)ccc1C(C)C. The number of hydrogen-bond acceptors (Lipinski definition) is 3. The van der Waals surface area contributed by atoms with E-state index in [0.29, 0.717) is 5.92 Å². The van der Waals surface area contributed by atoms with Gasteiger partial charge in [-0.3, -0.25) is 4.79 Å². The summed E-state index contributed by atoms with van der Waals surface area (Å²) in [5.41, 5.74) is 2.54. The Morgan fingerprint density at radius 1 is 1.33 bits per heavy atom. The van der Waals surface area contributed by atoms with Gasteiger partial charge in [-0.2, -0.15) is 0 Å². The molecule has 1 amide bonds. The van der Waals surface area contributed by atoms with E-state index in [1.165, 1.54) is 11.1 Å². The van der Waals surface area contributed by atoms with Crippen molar-refractivity contribution in [3.8, 4) is 5.75 Å². The van der Waals surface area contributed by atoms with Crippen LogP contribution in [0.5, 0.6) is 5.75 Å². The molecule has 0 spiro atoms.